The Hall–Kier alpha value is -1.39. The molecule has 4 heteroatoms. The van der Waals surface area contributed by atoms with Crippen molar-refractivity contribution >= 4 is 5.97 Å². The average molecular weight is 303 g/mol. The van der Waals surface area contributed by atoms with E-state index in [9.17, 15) is 9.90 Å². The zero-order valence-electron chi connectivity index (χ0n) is 13.6. The largest absolute Gasteiger partial charge is 0.481 e. The molecule has 3 heterocycles. The van der Waals surface area contributed by atoms with Gasteiger partial charge in [0.2, 0.25) is 0 Å². The van der Waals surface area contributed by atoms with Crippen molar-refractivity contribution in [3.63, 3.8) is 0 Å². The number of piperidine rings is 3. The van der Waals surface area contributed by atoms with Crippen LogP contribution in [-0.2, 0) is 16.1 Å². The molecule has 0 amide bonds. The van der Waals surface area contributed by atoms with E-state index in [0.717, 1.165) is 19.5 Å². The van der Waals surface area contributed by atoms with E-state index in [1.54, 1.807) is 0 Å². The fourth-order valence-corrected chi connectivity index (χ4v) is 4.25. The summed E-state index contributed by atoms with van der Waals surface area (Å²) < 4.78 is 6.14. The SMILES string of the molecule is Cc1cc(C)cc(COC2CN3CCC2C(C(=O)O)C3C)c1. The lowest BCUT2D eigenvalue weighted by molar-refractivity contribution is -0.168. The monoisotopic (exact) mass is 303 g/mol. The molecule has 0 aromatic heterocycles. The maximum absolute atomic E-state index is 11.6. The summed E-state index contributed by atoms with van der Waals surface area (Å²) in [4.78, 5) is 13.9. The quantitative estimate of drug-likeness (QED) is 0.929. The third kappa shape index (κ3) is 2.90. The Labute approximate surface area is 132 Å². The number of aliphatic carboxylic acids is 1. The smallest absolute Gasteiger partial charge is 0.308 e. The highest BCUT2D eigenvalue weighted by atomic mass is 16.5. The standard InChI is InChI=1S/C18H25NO3/c1-11-6-12(2)8-14(7-11)10-22-16-9-19-5-4-15(16)17(13(19)3)18(20)21/h6-8,13,15-17H,4-5,9-10H2,1-3H3,(H,20,21). The molecule has 0 radical (unpaired) electrons. The molecule has 3 saturated heterocycles. The van der Waals surface area contributed by atoms with Crippen LogP contribution in [0.25, 0.3) is 0 Å². The zero-order chi connectivity index (χ0) is 15.9. The number of benzene rings is 1. The lowest BCUT2D eigenvalue weighted by atomic mass is 9.72. The molecule has 5 unspecified atom stereocenters. The number of fused-ring (bicyclic) bond motifs is 3. The predicted molar refractivity (Wildman–Crippen MR) is 84.8 cm³/mol. The van der Waals surface area contributed by atoms with Crippen LogP contribution in [0.2, 0.25) is 0 Å². The second kappa shape index (κ2) is 6.01. The summed E-state index contributed by atoms with van der Waals surface area (Å²) >= 11 is 0. The fourth-order valence-electron chi connectivity index (χ4n) is 4.25. The molecular formula is C18H25NO3. The van der Waals surface area contributed by atoms with Crippen molar-refractivity contribution in [1.29, 1.82) is 0 Å². The number of carbonyl (C=O) groups is 1. The molecule has 1 aromatic carbocycles. The Kier molecular flexibility index (Phi) is 4.24. The molecule has 4 rings (SSSR count). The van der Waals surface area contributed by atoms with Gasteiger partial charge in [-0.2, -0.15) is 0 Å². The van der Waals surface area contributed by atoms with Gasteiger partial charge in [0, 0.05) is 18.5 Å². The van der Waals surface area contributed by atoms with Crippen LogP contribution in [0.4, 0.5) is 0 Å². The Morgan fingerprint density at radius 3 is 2.64 bits per heavy atom. The van der Waals surface area contributed by atoms with Gasteiger partial charge < -0.3 is 9.84 Å². The molecule has 22 heavy (non-hydrogen) atoms. The summed E-state index contributed by atoms with van der Waals surface area (Å²) in [5.41, 5.74) is 3.66. The summed E-state index contributed by atoms with van der Waals surface area (Å²) in [5, 5.41) is 9.52. The van der Waals surface area contributed by atoms with E-state index in [0.29, 0.717) is 6.61 Å². The van der Waals surface area contributed by atoms with E-state index in [4.69, 9.17) is 4.74 Å². The Morgan fingerprint density at radius 2 is 2.00 bits per heavy atom. The van der Waals surface area contributed by atoms with Crippen LogP contribution in [0, 0.1) is 25.7 Å². The van der Waals surface area contributed by atoms with Crippen LogP contribution in [0.3, 0.4) is 0 Å². The third-order valence-corrected chi connectivity index (χ3v) is 5.23. The number of rotatable bonds is 4. The second-order valence-corrected chi connectivity index (χ2v) is 6.90. The van der Waals surface area contributed by atoms with E-state index < -0.39 is 5.97 Å². The summed E-state index contributed by atoms with van der Waals surface area (Å²) in [6.07, 6.45) is 0.964. The van der Waals surface area contributed by atoms with E-state index in [1.165, 1.54) is 16.7 Å². The molecule has 3 fully saturated rings. The Morgan fingerprint density at radius 1 is 1.32 bits per heavy atom. The van der Waals surface area contributed by atoms with Gasteiger partial charge in [-0.3, -0.25) is 9.69 Å². The van der Waals surface area contributed by atoms with Gasteiger partial charge in [0.15, 0.2) is 0 Å². The minimum absolute atomic E-state index is 0.0341. The molecule has 0 saturated carbocycles. The third-order valence-electron chi connectivity index (χ3n) is 5.23. The Bertz CT molecular complexity index is 551. The van der Waals surface area contributed by atoms with Crippen molar-refractivity contribution in [2.45, 2.75) is 45.9 Å². The molecule has 1 aromatic rings. The molecule has 3 aliphatic rings. The number of carboxylic acids is 1. The van der Waals surface area contributed by atoms with Crippen molar-refractivity contribution in [2.75, 3.05) is 13.1 Å². The first kappa shape index (κ1) is 15.5. The Balaban J connectivity index is 1.69. The van der Waals surface area contributed by atoms with Crippen LogP contribution in [0.15, 0.2) is 18.2 Å². The van der Waals surface area contributed by atoms with Crippen molar-refractivity contribution in [3.8, 4) is 0 Å². The van der Waals surface area contributed by atoms with Crippen molar-refractivity contribution in [3.05, 3.63) is 34.9 Å². The van der Waals surface area contributed by atoms with Crippen LogP contribution < -0.4 is 0 Å². The number of nitrogens with zero attached hydrogens (tertiary/aromatic N) is 1. The summed E-state index contributed by atoms with van der Waals surface area (Å²) in [7, 11) is 0. The van der Waals surface area contributed by atoms with E-state index in [-0.39, 0.29) is 24.0 Å². The molecule has 3 aliphatic heterocycles. The topological polar surface area (TPSA) is 49.8 Å². The summed E-state index contributed by atoms with van der Waals surface area (Å²) in [6.45, 7) is 8.64. The van der Waals surface area contributed by atoms with Crippen LogP contribution in [0.1, 0.15) is 30.0 Å². The first-order valence-electron chi connectivity index (χ1n) is 8.11. The minimum Gasteiger partial charge on any atom is -0.481 e. The van der Waals surface area contributed by atoms with Crippen molar-refractivity contribution < 1.29 is 14.6 Å². The molecule has 0 aliphatic carbocycles. The first-order valence-corrected chi connectivity index (χ1v) is 8.11. The molecular weight excluding hydrogens is 278 g/mol. The number of hydrogen-bond donors (Lipinski definition) is 1. The second-order valence-electron chi connectivity index (χ2n) is 6.90. The summed E-state index contributed by atoms with van der Waals surface area (Å²) in [5.74, 6) is -0.836. The first-order chi connectivity index (χ1) is 10.5. The fraction of sp³-hybridized carbons (Fsp3) is 0.611. The van der Waals surface area contributed by atoms with Crippen LogP contribution in [0.5, 0.6) is 0 Å². The van der Waals surface area contributed by atoms with Gasteiger partial charge in [-0.05, 0) is 39.3 Å². The normalized spacial score (nSPS) is 33.9. The number of hydrogen-bond acceptors (Lipinski definition) is 3. The highest BCUT2D eigenvalue weighted by Crippen LogP contribution is 2.39. The minimum atomic E-state index is -0.679. The van der Waals surface area contributed by atoms with Gasteiger partial charge in [0.25, 0.3) is 0 Å². The summed E-state index contributed by atoms with van der Waals surface area (Å²) in [6, 6.07) is 6.56. The molecule has 5 atom stereocenters. The number of carboxylic acid groups (broad SMARTS) is 1. The highest BCUT2D eigenvalue weighted by molar-refractivity contribution is 5.71. The highest BCUT2D eigenvalue weighted by Gasteiger charge is 2.49. The van der Waals surface area contributed by atoms with Gasteiger partial charge in [-0.15, -0.1) is 0 Å². The molecule has 2 bridgehead atoms. The van der Waals surface area contributed by atoms with E-state index in [1.807, 2.05) is 6.92 Å². The maximum atomic E-state index is 11.6. The van der Waals surface area contributed by atoms with Gasteiger partial charge in [0.05, 0.1) is 18.6 Å². The van der Waals surface area contributed by atoms with Crippen LogP contribution in [-0.4, -0.2) is 41.2 Å². The molecule has 1 N–H and O–H groups in total. The van der Waals surface area contributed by atoms with Gasteiger partial charge in [0.1, 0.15) is 0 Å². The van der Waals surface area contributed by atoms with Crippen molar-refractivity contribution in [1.82, 2.24) is 4.90 Å². The van der Waals surface area contributed by atoms with Crippen molar-refractivity contribution in [2.24, 2.45) is 11.8 Å². The van der Waals surface area contributed by atoms with E-state index >= 15 is 0 Å². The number of ether oxygens (including phenoxy) is 1. The van der Waals surface area contributed by atoms with Gasteiger partial charge in [-0.25, -0.2) is 0 Å². The molecule has 4 nitrogen and oxygen atoms in total. The zero-order valence-corrected chi connectivity index (χ0v) is 13.6. The van der Waals surface area contributed by atoms with Gasteiger partial charge in [-0.1, -0.05) is 29.3 Å². The lowest BCUT2D eigenvalue weighted by Crippen LogP contribution is -2.62. The average Bonchev–Trinajstić information content (AvgIpc) is 2.44. The van der Waals surface area contributed by atoms with Crippen LogP contribution >= 0.6 is 0 Å². The van der Waals surface area contributed by atoms with Gasteiger partial charge >= 0.3 is 5.97 Å². The van der Waals surface area contributed by atoms with E-state index in [2.05, 4.69) is 36.9 Å². The lowest BCUT2D eigenvalue weighted by Gasteiger charge is -2.51. The molecule has 0 spiro atoms. The predicted octanol–water partition coefficient (Wildman–Crippen LogP) is 2.61. The maximum Gasteiger partial charge on any atom is 0.308 e. The molecule has 120 valence electrons. The number of aryl methyl sites for hydroxylation is 2.